The number of carbonyl (C=O) groups is 1. The average molecular weight is 146 g/mol. The lowest BCUT2D eigenvalue weighted by Crippen LogP contribution is -2.49. The van der Waals surface area contributed by atoms with Crippen LogP contribution in [-0.4, -0.2) is 30.3 Å². The number of hydrogen-bond donors (Lipinski definition) is 3. The highest BCUT2D eigenvalue weighted by Crippen LogP contribution is 1.97. The average Bonchev–Trinajstić information content (AvgIpc) is 1.59. The first-order valence-electron chi connectivity index (χ1n) is 3.13. The molecule has 0 bridgehead atoms. The molecular formula is C6H14N2O2. The second kappa shape index (κ2) is 3.41. The van der Waals surface area contributed by atoms with Crippen LogP contribution in [0.2, 0.25) is 0 Å². The molecule has 0 aliphatic carbocycles. The molecule has 0 fully saturated rings. The summed E-state index contributed by atoms with van der Waals surface area (Å²) in [5.74, 6) is 0. The number of amides is 1. The van der Waals surface area contributed by atoms with Crippen molar-refractivity contribution in [3.05, 3.63) is 0 Å². The summed E-state index contributed by atoms with van der Waals surface area (Å²) in [6.45, 7) is 4.26. The minimum Gasteiger partial charge on any atom is -0.465 e. The smallest absolute Gasteiger partial charge is 0.405 e. The molecule has 10 heavy (non-hydrogen) atoms. The zero-order valence-electron chi connectivity index (χ0n) is 6.56. The van der Waals surface area contributed by atoms with Crippen molar-refractivity contribution in [1.82, 2.24) is 10.6 Å². The molecule has 4 nitrogen and oxygen atoms in total. The highest BCUT2D eigenvalue weighted by atomic mass is 16.4. The molecule has 0 aromatic carbocycles. The van der Waals surface area contributed by atoms with Gasteiger partial charge in [-0.2, -0.15) is 0 Å². The van der Waals surface area contributed by atoms with E-state index in [1.165, 1.54) is 0 Å². The van der Waals surface area contributed by atoms with Gasteiger partial charge in [0.2, 0.25) is 0 Å². The summed E-state index contributed by atoms with van der Waals surface area (Å²) in [6, 6.07) is 0. The van der Waals surface area contributed by atoms with Gasteiger partial charge in [0.1, 0.15) is 0 Å². The van der Waals surface area contributed by atoms with Gasteiger partial charge in [-0.1, -0.05) is 0 Å². The summed E-state index contributed by atoms with van der Waals surface area (Å²) in [6.07, 6.45) is -0.986. The van der Waals surface area contributed by atoms with E-state index in [1.807, 2.05) is 13.8 Å². The normalized spacial score (nSPS) is 11.1. The first-order chi connectivity index (χ1) is 4.48. The Morgan fingerprint density at radius 2 is 2.10 bits per heavy atom. The third-order valence-corrected chi connectivity index (χ3v) is 1.06. The zero-order chi connectivity index (χ0) is 8.20. The molecule has 1 amide bonds. The van der Waals surface area contributed by atoms with E-state index in [9.17, 15) is 4.79 Å². The van der Waals surface area contributed by atoms with E-state index in [1.54, 1.807) is 7.05 Å². The molecule has 0 aromatic heterocycles. The van der Waals surface area contributed by atoms with Gasteiger partial charge in [0.25, 0.3) is 0 Å². The van der Waals surface area contributed by atoms with E-state index in [-0.39, 0.29) is 5.54 Å². The van der Waals surface area contributed by atoms with Crippen LogP contribution >= 0.6 is 0 Å². The van der Waals surface area contributed by atoms with Crippen molar-refractivity contribution in [3.63, 3.8) is 0 Å². The molecule has 4 heteroatoms. The van der Waals surface area contributed by atoms with Gasteiger partial charge in [-0.25, -0.2) is 4.79 Å². The van der Waals surface area contributed by atoms with Crippen LogP contribution < -0.4 is 10.6 Å². The van der Waals surface area contributed by atoms with Gasteiger partial charge in [0, 0.05) is 6.54 Å². The number of hydrogen-bond acceptors (Lipinski definition) is 2. The van der Waals surface area contributed by atoms with E-state index >= 15 is 0 Å². The van der Waals surface area contributed by atoms with Gasteiger partial charge in [-0.3, -0.25) is 0 Å². The summed E-state index contributed by atoms with van der Waals surface area (Å²) in [5.41, 5.74) is -0.388. The van der Waals surface area contributed by atoms with Gasteiger partial charge in [-0.05, 0) is 20.9 Å². The van der Waals surface area contributed by atoms with Crippen LogP contribution in [0.15, 0.2) is 0 Å². The van der Waals surface area contributed by atoms with Crippen LogP contribution in [0.4, 0.5) is 4.79 Å². The molecule has 0 rings (SSSR count). The van der Waals surface area contributed by atoms with Crippen LogP contribution in [-0.2, 0) is 0 Å². The second-order valence-corrected chi connectivity index (χ2v) is 2.84. The first-order valence-corrected chi connectivity index (χ1v) is 3.13. The van der Waals surface area contributed by atoms with Crippen molar-refractivity contribution < 1.29 is 9.90 Å². The van der Waals surface area contributed by atoms with Crippen LogP contribution in [0.3, 0.4) is 0 Å². The van der Waals surface area contributed by atoms with Crippen molar-refractivity contribution >= 4 is 6.09 Å². The van der Waals surface area contributed by atoms with Crippen LogP contribution in [0.5, 0.6) is 0 Å². The lowest BCUT2D eigenvalue weighted by atomic mass is 10.1. The molecule has 0 atom stereocenters. The molecular weight excluding hydrogens is 132 g/mol. The SMILES string of the molecule is CNCC(C)(C)NC(=O)O. The summed E-state index contributed by atoms with van der Waals surface area (Å²) in [7, 11) is 1.78. The standard InChI is InChI=1S/C6H14N2O2/c1-6(2,4-7-3)8-5(9)10/h7-8H,4H2,1-3H3,(H,9,10). The fourth-order valence-corrected chi connectivity index (χ4v) is 0.776. The van der Waals surface area contributed by atoms with Crippen LogP contribution in [0.25, 0.3) is 0 Å². The second-order valence-electron chi connectivity index (χ2n) is 2.84. The van der Waals surface area contributed by atoms with E-state index < -0.39 is 6.09 Å². The summed E-state index contributed by atoms with van der Waals surface area (Å²) in [5, 5.41) is 13.6. The molecule has 60 valence electrons. The van der Waals surface area contributed by atoms with Crippen molar-refractivity contribution in [2.75, 3.05) is 13.6 Å². The maximum Gasteiger partial charge on any atom is 0.405 e. The molecule has 0 aromatic rings. The predicted octanol–water partition coefficient (Wildman–Crippen LogP) is 0.252. The highest BCUT2D eigenvalue weighted by Gasteiger charge is 2.17. The summed E-state index contributed by atoms with van der Waals surface area (Å²) < 4.78 is 0. The Balaban J connectivity index is 3.74. The quantitative estimate of drug-likeness (QED) is 0.535. The molecule has 0 aliphatic rings. The fourth-order valence-electron chi connectivity index (χ4n) is 0.776. The predicted molar refractivity (Wildman–Crippen MR) is 39.2 cm³/mol. The fraction of sp³-hybridized carbons (Fsp3) is 0.833. The van der Waals surface area contributed by atoms with Crippen LogP contribution in [0.1, 0.15) is 13.8 Å². The van der Waals surface area contributed by atoms with Gasteiger partial charge in [0.05, 0.1) is 5.54 Å². The monoisotopic (exact) mass is 146 g/mol. The Morgan fingerprint density at radius 1 is 1.60 bits per heavy atom. The molecule has 0 spiro atoms. The minimum atomic E-state index is -0.986. The van der Waals surface area contributed by atoms with E-state index in [0.29, 0.717) is 6.54 Å². The lowest BCUT2D eigenvalue weighted by molar-refractivity contribution is 0.182. The molecule has 0 saturated heterocycles. The van der Waals surface area contributed by atoms with E-state index in [2.05, 4.69) is 10.6 Å². The maximum absolute atomic E-state index is 10.2. The molecule has 0 saturated carbocycles. The number of nitrogens with one attached hydrogen (secondary N) is 2. The topological polar surface area (TPSA) is 61.4 Å². The maximum atomic E-state index is 10.2. The molecule has 0 unspecified atom stereocenters. The largest absolute Gasteiger partial charge is 0.465 e. The van der Waals surface area contributed by atoms with Crippen molar-refractivity contribution in [1.29, 1.82) is 0 Å². The Morgan fingerprint density at radius 3 is 2.40 bits per heavy atom. The Bertz CT molecular complexity index is 123. The number of likely N-dealkylation sites (N-methyl/N-ethyl adjacent to an activating group) is 1. The van der Waals surface area contributed by atoms with Gasteiger partial charge in [-0.15, -0.1) is 0 Å². The zero-order valence-corrected chi connectivity index (χ0v) is 6.56. The van der Waals surface area contributed by atoms with Gasteiger partial charge in [0.15, 0.2) is 0 Å². The highest BCUT2D eigenvalue weighted by molar-refractivity contribution is 5.65. The van der Waals surface area contributed by atoms with Crippen molar-refractivity contribution in [2.24, 2.45) is 0 Å². The van der Waals surface area contributed by atoms with Gasteiger partial charge < -0.3 is 15.7 Å². The van der Waals surface area contributed by atoms with Crippen LogP contribution in [0, 0.1) is 0 Å². The third-order valence-electron chi connectivity index (χ3n) is 1.06. The van der Waals surface area contributed by atoms with Gasteiger partial charge >= 0.3 is 6.09 Å². The summed E-state index contributed by atoms with van der Waals surface area (Å²) in [4.78, 5) is 10.2. The van der Waals surface area contributed by atoms with Crippen molar-refractivity contribution in [3.8, 4) is 0 Å². The molecule has 0 radical (unpaired) electrons. The Labute approximate surface area is 60.6 Å². The summed E-state index contributed by atoms with van der Waals surface area (Å²) >= 11 is 0. The van der Waals surface area contributed by atoms with E-state index in [4.69, 9.17) is 5.11 Å². The molecule has 0 aliphatic heterocycles. The molecule has 0 heterocycles. The number of carboxylic acid groups (broad SMARTS) is 1. The first kappa shape index (κ1) is 9.23. The van der Waals surface area contributed by atoms with Crippen molar-refractivity contribution in [2.45, 2.75) is 19.4 Å². The Hall–Kier alpha value is -0.770. The number of rotatable bonds is 3. The third kappa shape index (κ3) is 4.14. The lowest BCUT2D eigenvalue weighted by Gasteiger charge is -2.23. The molecule has 3 N–H and O–H groups in total. The Kier molecular flexibility index (Phi) is 3.15. The minimum absolute atomic E-state index is 0.388. The van der Waals surface area contributed by atoms with E-state index in [0.717, 1.165) is 0 Å².